The fourth-order valence-corrected chi connectivity index (χ4v) is 2.59. The number of rotatable bonds is 6. The van der Waals surface area contributed by atoms with E-state index in [-0.39, 0.29) is 5.82 Å². The number of nitrogen functional groups attached to an aromatic ring is 1. The fraction of sp³-hybridized carbons (Fsp3) is 0.250. The molecule has 2 aromatic heterocycles. The zero-order chi connectivity index (χ0) is 20.5. The van der Waals surface area contributed by atoms with Crippen molar-refractivity contribution in [3.05, 3.63) is 55.3 Å². The molecule has 148 valence electrons. The Bertz CT molecular complexity index is 932. The number of hydrogen-bond acceptors (Lipinski definition) is 7. The van der Waals surface area contributed by atoms with E-state index in [1.54, 1.807) is 6.07 Å². The molecule has 0 bridgehead atoms. The maximum absolute atomic E-state index is 14.0. The summed E-state index contributed by atoms with van der Waals surface area (Å²) >= 11 is 0. The number of nitrogens with zero attached hydrogens (tertiary/aromatic N) is 4. The van der Waals surface area contributed by atoms with Gasteiger partial charge in [-0.15, -0.1) is 0 Å². The molecule has 3 rings (SSSR count). The predicted octanol–water partition coefficient (Wildman–Crippen LogP) is 3.46. The minimum atomic E-state index is -0.313. The van der Waals surface area contributed by atoms with Gasteiger partial charge in [0.2, 0.25) is 0 Å². The predicted molar refractivity (Wildman–Crippen MR) is 112 cm³/mol. The molecule has 1 aromatic carbocycles. The number of aliphatic hydroxyl groups excluding tert-OH is 1. The molecule has 0 unspecified atom stereocenters. The highest BCUT2D eigenvalue weighted by molar-refractivity contribution is 5.86. The van der Waals surface area contributed by atoms with E-state index in [2.05, 4.69) is 31.7 Å². The first-order valence-corrected chi connectivity index (χ1v) is 8.76. The van der Waals surface area contributed by atoms with Gasteiger partial charge in [0, 0.05) is 17.8 Å². The largest absolute Gasteiger partial charge is 0.516 e. The average Bonchev–Trinajstić information content (AvgIpc) is 2.65. The molecule has 0 atom stereocenters. The number of anilines is 2. The Morgan fingerprint density at radius 3 is 2.71 bits per heavy atom. The van der Waals surface area contributed by atoms with Gasteiger partial charge in [-0.1, -0.05) is 6.58 Å². The van der Waals surface area contributed by atoms with E-state index in [4.69, 9.17) is 10.8 Å². The molecule has 0 aliphatic heterocycles. The van der Waals surface area contributed by atoms with Crippen LogP contribution in [0.4, 0.5) is 15.9 Å². The van der Waals surface area contributed by atoms with Crippen molar-refractivity contribution in [2.24, 2.45) is 0 Å². The van der Waals surface area contributed by atoms with Crippen molar-refractivity contribution in [1.29, 1.82) is 0 Å². The van der Waals surface area contributed by atoms with Gasteiger partial charge in [0.15, 0.2) is 5.82 Å². The van der Waals surface area contributed by atoms with Crippen LogP contribution in [0, 0.1) is 5.82 Å². The van der Waals surface area contributed by atoms with Crippen LogP contribution in [-0.2, 0) is 0 Å². The quantitative estimate of drug-likeness (QED) is 0.442. The summed E-state index contributed by atoms with van der Waals surface area (Å²) in [6.45, 7) is 4.66. The molecule has 0 aliphatic rings. The maximum Gasteiger partial charge on any atom is 0.153 e. The van der Waals surface area contributed by atoms with Crippen LogP contribution in [0.15, 0.2) is 49.5 Å². The third-order valence-corrected chi connectivity index (χ3v) is 3.81. The summed E-state index contributed by atoms with van der Waals surface area (Å²) in [5.74, 6) is -0.00271. The van der Waals surface area contributed by atoms with E-state index in [0.29, 0.717) is 28.1 Å². The number of halogens is 1. The van der Waals surface area contributed by atoms with Crippen LogP contribution in [0.5, 0.6) is 0 Å². The summed E-state index contributed by atoms with van der Waals surface area (Å²) in [7, 11) is 4.06. The maximum atomic E-state index is 14.0. The highest BCUT2D eigenvalue weighted by atomic mass is 19.1. The van der Waals surface area contributed by atoms with Gasteiger partial charge < -0.3 is 21.1 Å². The van der Waals surface area contributed by atoms with Crippen LogP contribution < -0.4 is 11.1 Å². The molecule has 0 radical (unpaired) electrons. The molecule has 8 heteroatoms. The Hall–Kier alpha value is -3.26. The number of fused-ring (bicyclic) bond motifs is 1. The van der Waals surface area contributed by atoms with Crippen molar-refractivity contribution in [2.75, 3.05) is 38.2 Å². The molecule has 2 heterocycles. The van der Waals surface area contributed by atoms with E-state index in [0.717, 1.165) is 31.5 Å². The average molecular weight is 384 g/mol. The lowest BCUT2D eigenvalue weighted by atomic mass is 10.1. The fourth-order valence-electron chi connectivity index (χ4n) is 2.59. The van der Waals surface area contributed by atoms with Crippen LogP contribution in [0.2, 0.25) is 0 Å². The molecule has 0 aliphatic carbocycles. The molecule has 4 N–H and O–H groups in total. The van der Waals surface area contributed by atoms with Crippen molar-refractivity contribution >= 4 is 22.5 Å². The number of benzene rings is 1. The summed E-state index contributed by atoms with van der Waals surface area (Å²) in [5, 5.41) is 10.6. The second-order valence-corrected chi connectivity index (χ2v) is 6.32. The number of aliphatic hydroxyl groups is 1. The number of pyridine rings is 1. The minimum absolute atomic E-state index is 0.310. The molecule has 28 heavy (non-hydrogen) atoms. The molecule has 0 fully saturated rings. The lowest BCUT2D eigenvalue weighted by molar-refractivity contribution is 0.405. The number of aromatic nitrogens is 3. The smallest absolute Gasteiger partial charge is 0.153 e. The lowest BCUT2D eigenvalue weighted by Crippen LogP contribution is -2.16. The number of nitrogens with one attached hydrogen (secondary N) is 1. The van der Waals surface area contributed by atoms with Crippen molar-refractivity contribution in [3.63, 3.8) is 0 Å². The Balaban J connectivity index is 0.000000878. The summed E-state index contributed by atoms with van der Waals surface area (Å²) in [6, 6.07) is 8.44. The van der Waals surface area contributed by atoms with Crippen molar-refractivity contribution < 1.29 is 9.50 Å². The van der Waals surface area contributed by atoms with Gasteiger partial charge in [0.05, 0.1) is 17.5 Å². The monoisotopic (exact) mass is 384 g/mol. The van der Waals surface area contributed by atoms with Crippen LogP contribution in [0.25, 0.3) is 22.3 Å². The number of hydrogen-bond donors (Lipinski definition) is 3. The summed E-state index contributed by atoms with van der Waals surface area (Å²) < 4.78 is 14.0. The van der Waals surface area contributed by atoms with Gasteiger partial charge >= 0.3 is 0 Å². The summed E-state index contributed by atoms with van der Waals surface area (Å²) in [6.07, 6.45) is 3.12. The van der Waals surface area contributed by atoms with E-state index in [9.17, 15) is 4.39 Å². The Kier molecular flexibility index (Phi) is 7.65. The second-order valence-electron chi connectivity index (χ2n) is 6.32. The SMILES string of the molecule is C=CO.CN(C)CCCNc1cc(F)cc(-c2ccc3ncnc(N)c3n2)c1. The molecule has 0 saturated carbocycles. The first kappa shape index (κ1) is 21.0. The van der Waals surface area contributed by atoms with Crippen molar-refractivity contribution in [2.45, 2.75) is 6.42 Å². The third kappa shape index (κ3) is 5.88. The minimum Gasteiger partial charge on any atom is -0.516 e. The molecule has 0 spiro atoms. The highest BCUT2D eigenvalue weighted by Gasteiger charge is 2.08. The first-order valence-electron chi connectivity index (χ1n) is 8.76. The van der Waals surface area contributed by atoms with Crippen LogP contribution >= 0.6 is 0 Å². The zero-order valence-corrected chi connectivity index (χ0v) is 16.1. The standard InChI is InChI=1S/C18H21FN6.C2H4O/c1-25(2)7-3-6-21-14-9-12(8-13(19)10-14)15-4-5-16-17(24-15)18(20)23-11-22-16;1-2-3/h4-5,8-11,21H,3,6-7H2,1-2H3,(H2,20,22,23);2-3H,1H2. The van der Waals surface area contributed by atoms with Gasteiger partial charge in [-0.2, -0.15) is 0 Å². The molecule has 0 amide bonds. The highest BCUT2D eigenvalue weighted by Crippen LogP contribution is 2.25. The van der Waals surface area contributed by atoms with Gasteiger partial charge in [0.25, 0.3) is 0 Å². The van der Waals surface area contributed by atoms with Crippen LogP contribution in [0.1, 0.15) is 6.42 Å². The molecule has 7 nitrogen and oxygen atoms in total. The molecule has 0 saturated heterocycles. The summed E-state index contributed by atoms with van der Waals surface area (Å²) in [4.78, 5) is 14.7. The van der Waals surface area contributed by atoms with Gasteiger partial charge in [0.1, 0.15) is 17.7 Å². The van der Waals surface area contributed by atoms with Crippen LogP contribution in [0.3, 0.4) is 0 Å². The number of nitrogens with two attached hydrogens (primary N) is 1. The van der Waals surface area contributed by atoms with E-state index < -0.39 is 0 Å². The summed E-state index contributed by atoms with van der Waals surface area (Å²) in [5.41, 5.74) is 9.08. The molecular formula is C20H25FN6O. The topological polar surface area (TPSA) is 100 Å². The lowest BCUT2D eigenvalue weighted by Gasteiger charge is -2.12. The van der Waals surface area contributed by atoms with Crippen molar-refractivity contribution in [3.8, 4) is 11.3 Å². The van der Waals surface area contributed by atoms with Crippen molar-refractivity contribution in [1.82, 2.24) is 19.9 Å². The van der Waals surface area contributed by atoms with Crippen LogP contribution in [-0.4, -0.2) is 52.1 Å². The molecular weight excluding hydrogens is 359 g/mol. The third-order valence-electron chi connectivity index (χ3n) is 3.81. The Morgan fingerprint density at radius 2 is 2.00 bits per heavy atom. The normalized spacial score (nSPS) is 10.4. The Labute approximate surface area is 163 Å². The van der Waals surface area contributed by atoms with E-state index >= 15 is 0 Å². The van der Waals surface area contributed by atoms with Gasteiger partial charge in [-0.3, -0.25) is 0 Å². The Morgan fingerprint density at radius 1 is 1.25 bits per heavy atom. The van der Waals surface area contributed by atoms with Gasteiger partial charge in [-0.25, -0.2) is 19.3 Å². The molecule has 3 aromatic rings. The second kappa shape index (κ2) is 10.2. The first-order chi connectivity index (χ1) is 13.4. The van der Waals surface area contributed by atoms with E-state index in [1.807, 2.05) is 26.2 Å². The van der Waals surface area contributed by atoms with Gasteiger partial charge in [-0.05, 0) is 57.4 Å². The van der Waals surface area contributed by atoms with E-state index in [1.165, 1.54) is 18.5 Å². The zero-order valence-electron chi connectivity index (χ0n) is 16.1.